The molecule has 0 fully saturated rings. The van der Waals surface area contributed by atoms with Crippen LogP contribution in [-0.4, -0.2) is 10.0 Å². The quantitative estimate of drug-likeness (QED) is 0.435. The smallest absolute Gasteiger partial charge is 0.329 e. The van der Waals surface area contributed by atoms with Crippen molar-refractivity contribution in [2.24, 2.45) is 0 Å². The Morgan fingerprint density at radius 2 is 2.08 bits per heavy atom. The molecule has 0 heterocycles. The number of nitro groups is 1. The van der Waals surface area contributed by atoms with Gasteiger partial charge in [-0.3, -0.25) is 10.1 Å². The summed E-state index contributed by atoms with van der Waals surface area (Å²) in [6.45, 7) is 0. The van der Waals surface area contributed by atoms with Gasteiger partial charge in [0, 0.05) is 0 Å². The van der Waals surface area contributed by atoms with Crippen molar-refractivity contribution < 1.29 is 10.0 Å². The number of rotatable bonds is 2. The molecular formula is C7H6ClNO3. The van der Waals surface area contributed by atoms with E-state index in [1.165, 1.54) is 12.1 Å². The number of aliphatic hydroxyl groups is 1. The maximum atomic E-state index is 10.1. The summed E-state index contributed by atoms with van der Waals surface area (Å²) in [5, 5.41) is 19.3. The van der Waals surface area contributed by atoms with E-state index >= 15 is 0 Å². The van der Waals surface area contributed by atoms with Crippen molar-refractivity contribution in [3.8, 4) is 0 Å². The Kier molecular flexibility index (Phi) is 2.62. The Labute approximate surface area is 73.5 Å². The summed E-state index contributed by atoms with van der Waals surface area (Å²) in [7, 11) is 0. The summed E-state index contributed by atoms with van der Waals surface area (Å²) >= 11 is 5.60. The molecule has 0 aliphatic heterocycles. The van der Waals surface area contributed by atoms with Crippen LogP contribution in [0.4, 0.5) is 0 Å². The molecule has 1 aromatic rings. The number of hydrogen-bond acceptors (Lipinski definition) is 3. The summed E-state index contributed by atoms with van der Waals surface area (Å²) < 4.78 is 0. The maximum absolute atomic E-state index is 10.1. The average molecular weight is 188 g/mol. The molecule has 0 bridgehead atoms. The first kappa shape index (κ1) is 8.96. The predicted octanol–water partition coefficient (Wildman–Crippen LogP) is 1.61. The molecule has 0 aromatic heterocycles. The van der Waals surface area contributed by atoms with E-state index < -0.39 is 11.2 Å². The van der Waals surface area contributed by atoms with Gasteiger partial charge in [-0.15, -0.1) is 0 Å². The van der Waals surface area contributed by atoms with E-state index in [-0.39, 0.29) is 10.6 Å². The lowest BCUT2D eigenvalue weighted by molar-refractivity contribution is -0.578. The monoisotopic (exact) mass is 187 g/mol. The van der Waals surface area contributed by atoms with Gasteiger partial charge in [0.05, 0.1) is 15.5 Å². The van der Waals surface area contributed by atoms with Gasteiger partial charge in [-0.05, 0) is 12.1 Å². The summed E-state index contributed by atoms with van der Waals surface area (Å²) in [5.41, 5.74) is 0.115. The summed E-state index contributed by atoms with van der Waals surface area (Å²) in [5.74, 6) is 0. The first-order valence-electron chi connectivity index (χ1n) is 3.19. The highest BCUT2D eigenvalue weighted by Crippen LogP contribution is 2.22. The molecule has 1 rings (SSSR count). The lowest BCUT2D eigenvalue weighted by Crippen LogP contribution is -2.09. The Balaban J connectivity index is 3.02. The van der Waals surface area contributed by atoms with Crippen molar-refractivity contribution in [3.05, 3.63) is 45.0 Å². The minimum atomic E-state index is -1.74. The highest BCUT2D eigenvalue weighted by Gasteiger charge is 2.20. The number of nitrogens with zero attached hydrogens (tertiary/aromatic N) is 1. The maximum Gasteiger partial charge on any atom is 0.341 e. The summed E-state index contributed by atoms with van der Waals surface area (Å²) in [4.78, 5) is 9.34. The number of halogens is 1. The lowest BCUT2D eigenvalue weighted by atomic mass is 10.2. The molecule has 0 saturated carbocycles. The van der Waals surface area contributed by atoms with Crippen LogP contribution >= 0.6 is 11.6 Å². The van der Waals surface area contributed by atoms with Crippen molar-refractivity contribution in [2.75, 3.05) is 0 Å². The van der Waals surface area contributed by atoms with Crippen LogP contribution in [0.5, 0.6) is 0 Å². The number of benzene rings is 1. The third kappa shape index (κ3) is 1.72. The molecule has 1 unspecified atom stereocenters. The zero-order chi connectivity index (χ0) is 9.14. The van der Waals surface area contributed by atoms with Crippen LogP contribution < -0.4 is 0 Å². The van der Waals surface area contributed by atoms with Gasteiger partial charge in [-0.2, -0.15) is 0 Å². The van der Waals surface area contributed by atoms with Crippen molar-refractivity contribution in [2.45, 2.75) is 6.23 Å². The van der Waals surface area contributed by atoms with E-state index in [4.69, 9.17) is 16.7 Å². The fourth-order valence-electron chi connectivity index (χ4n) is 0.798. The second-order valence-electron chi connectivity index (χ2n) is 2.18. The van der Waals surface area contributed by atoms with Crippen molar-refractivity contribution in [1.82, 2.24) is 0 Å². The number of hydrogen-bond donors (Lipinski definition) is 1. The molecule has 4 nitrogen and oxygen atoms in total. The Morgan fingerprint density at radius 3 is 2.58 bits per heavy atom. The van der Waals surface area contributed by atoms with Crippen LogP contribution in [-0.2, 0) is 0 Å². The van der Waals surface area contributed by atoms with Gasteiger partial charge in [-0.1, -0.05) is 23.7 Å². The van der Waals surface area contributed by atoms with Crippen LogP contribution in [0.2, 0.25) is 5.02 Å². The topological polar surface area (TPSA) is 63.4 Å². The minimum Gasteiger partial charge on any atom is -0.329 e. The number of aliphatic hydroxyl groups excluding tert-OH is 1. The molecule has 0 aliphatic carbocycles. The standard InChI is InChI=1S/C7H6ClNO3/c8-6-4-2-1-3-5(6)7(10)9(11)12/h1-4,7,10H. The third-order valence-corrected chi connectivity index (χ3v) is 1.73. The highest BCUT2D eigenvalue weighted by atomic mass is 35.5. The van der Waals surface area contributed by atoms with Crippen molar-refractivity contribution in [1.29, 1.82) is 0 Å². The molecule has 0 saturated heterocycles. The molecule has 0 radical (unpaired) electrons. The molecule has 1 atom stereocenters. The lowest BCUT2D eigenvalue weighted by Gasteiger charge is -2.03. The molecule has 0 aliphatic rings. The first-order chi connectivity index (χ1) is 5.63. The molecule has 1 N–H and O–H groups in total. The molecule has 12 heavy (non-hydrogen) atoms. The summed E-state index contributed by atoms with van der Waals surface area (Å²) in [6.07, 6.45) is -1.74. The fraction of sp³-hybridized carbons (Fsp3) is 0.143. The van der Waals surface area contributed by atoms with Gasteiger partial charge in [0.2, 0.25) is 0 Å². The first-order valence-corrected chi connectivity index (χ1v) is 3.56. The Morgan fingerprint density at radius 1 is 1.50 bits per heavy atom. The second kappa shape index (κ2) is 3.51. The zero-order valence-corrected chi connectivity index (χ0v) is 6.73. The third-order valence-electron chi connectivity index (χ3n) is 1.38. The van der Waals surface area contributed by atoms with Crippen LogP contribution in [0.25, 0.3) is 0 Å². The van der Waals surface area contributed by atoms with Crippen LogP contribution in [0.1, 0.15) is 11.8 Å². The van der Waals surface area contributed by atoms with E-state index in [1.807, 2.05) is 0 Å². The van der Waals surface area contributed by atoms with Gasteiger partial charge in [0.1, 0.15) is 0 Å². The van der Waals surface area contributed by atoms with E-state index in [0.717, 1.165) is 0 Å². The molecule has 64 valence electrons. The predicted molar refractivity (Wildman–Crippen MR) is 43.4 cm³/mol. The average Bonchev–Trinajstić information content (AvgIpc) is 2.04. The zero-order valence-electron chi connectivity index (χ0n) is 5.98. The van der Waals surface area contributed by atoms with Gasteiger partial charge in [0.25, 0.3) is 0 Å². The van der Waals surface area contributed by atoms with Crippen molar-refractivity contribution in [3.63, 3.8) is 0 Å². The van der Waals surface area contributed by atoms with Crippen LogP contribution in [0.3, 0.4) is 0 Å². The second-order valence-corrected chi connectivity index (χ2v) is 2.59. The Hall–Kier alpha value is -1.13. The van der Waals surface area contributed by atoms with E-state index in [9.17, 15) is 10.1 Å². The molecule has 0 spiro atoms. The summed E-state index contributed by atoms with van der Waals surface area (Å²) in [6, 6.07) is 6.12. The highest BCUT2D eigenvalue weighted by molar-refractivity contribution is 6.31. The fourth-order valence-corrected chi connectivity index (χ4v) is 1.03. The van der Waals surface area contributed by atoms with Crippen LogP contribution in [0, 0.1) is 10.1 Å². The molecule has 5 heteroatoms. The van der Waals surface area contributed by atoms with Gasteiger partial charge >= 0.3 is 6.23 Å². The molecule has 0 amide bonds. The van der Waals surface area contributed by atoms with E-state index in [0.29, 0.717) is 0 Å². The van der Waals surface area contributed by atoms with Gasteiger partial charge in [0.15, 0.2) is 0 Å². The van der Waals surface area contributed by atoms with Gasteiger partial charge < -0.3 is 5.11 Å². The normalized spacial score (nSPS) is 12.5. The Bertz CT molecular complexity index is 302. The van der Waals surface area contributed by atoms with E-state index in [1.54, 1.807) is 12.1 Å². The van der Waals surface area contributed by atoms with E-state index in [2.05, 4.69) is 0 Å². The molecular weight excluding hydrogens is 182 g/mol. The van der Waals surface area contributed by atoms with Crippen molar-refractivity contribution >= 4 is 11.6 Å². The molecule has 1 aromatic carbocycles. The van der Waals surface area contributed by atoms with Gasteiger partial charge in [-0.25, -0.2) is 0 Å². The van der Waals surface area contributed by atoms with Crippen LogP contribution in [0.15, 0.2) is 24.3 Å². The SMILES string of the molecule is O=[N+]([O-])C(O)c1ccccc1Cl. The largest absolute Gasteiger partial charge is 0.341 e. The minimum absolute atomic E-state index is 0.115.